The fourth-order valence-corrected chi connectivity index (χ4v) is 4.36. The van der Waals surface area contributed by atoms with Gasteiger partial charge < -0.3 is 0 Å². The summed E-state index contributed by atoms with van der Waals surface area (Å²) in [5.74, 6) is 5.99. The summed E-state index contributed by atoms with van der Waals surface area (Å²) in [6.45, 7) is 5.54. The van der Waals surface area contributed by atoms with E-state index in [0.717, 1.165) is 13.0 Å². The molecule has 1 aliphatic heterocycles. The third-order valence-electron chi connectivity index (χ3n) is 5.51. The highest BCUT2D eigenvalue weighted by atomic mass is 15.3. The van der Waals surface area contributed by atoms with E-state index < -0.39 is 0 Å². The molecule has 2 fully saturated rings. The number of rotatable bonds is 6. The third kappa shape index (κ3) is 2.87. The predicted molar refractivity (Wildman–Crippen MR) is 84.7 cm³/mol. The van der Waals surface area contributed by atoms with E-state index in [1.54, 1.807) is 0 Å². The van der Waals surface area contributed by atoms with Crippen molar-refractivity contribution in [1.82, 2.24) is 20.1 Å². The summed E-state index contributed by atoms with van der Waals surface area (Å²) < 4.78 is 2.00. The molecular formula is C16H29N5. The molecule has 21 heavy (non-hydrogen) atoms. The van der Waals surface area contributed by atoms with E-state index >= 15 is 0 Å². The molecule has 5 nitrogen and oxygen atoms in total. The van der Waals surface area contributed by atoms with Crippen LogP contribution in [0.1, 0.15) is 51.0 Å². The first-order chi connectivity index (χ1) is 10.3. The molecule has 0 amide bonds. The molecule has 1 aliphatic carbocycles. The van der Waals surface area contributed by atoms with Crippen molar-refractivity contribution in [3.63, 3.8) is 0 Å². The van der Waals surface area contributed by atoms with Crippen molar-refractivity contribution in [3.05, 3.63) is 18.0 Å². The number of hydrogen-bond acceptors (Lipinski definition) is 4. The van der Waals surface area contributed by atoms with Crippen molar-refractivity contribution in [1.29, 1.82) is 0 Å². The molecule has 2 aliphatic rings. The molecular weight excluding hydrogens is 262 g/mol. The first kappa shape index (κ1) is 15.0. The summed E-state index contributed by atoms with van der Waals surface area (Å²) in [6, 6.07) is 0.326. The van der Waals surface area contributed by atoms with Crippen molar-refractivity contribution in [3.8, 4) is 0 Å². The van der Waals surface area contributed by atoms with E-state index in [0.29, 0.717) is 6.04 Å². The van der Waals surface area contributed by atoms with Crippen LogP contribution in [0.15, 0.2) is 12.4 Å². The molecule has 1 aromatic heterocycles. The molecule has 1 atom stereocenters. The first-order valence-corrected chi connectivity index (χ1v) is 8.51. The Kier molecular flexibility index (Phi) is 4.62. The Morgan fingerprint density at radius 3 is 2.57 bits per heavy atom. The Balaban J connectivity index is 1.78. The van der Waals surface area contributed by atoms with Gasteiger partial charge in [0.1, 0.15) is 0 Å². The number of hydrogen-bond donors (Lipinski definition) is 2. The van der Waals surface area contributed by atoms with Gasteiger partial charge in [-0.05, 0) is 57.7 Å². The highest BCUT2D eigenvalue weighted by Gasteiger charge is 2.46. The largest absolute Gasteiger partial charge is 0.296 e. The molecule has 5 heteroatoms. The number of likely N-dealkylation sites (tertiary alicyclic amines) is 1. The van der Waals surface area contributed by atoms with Crippen molar-refractivity contribution in [2.45, 2.75) is 70.0 Å². The van der Waals surface area contributed by atoms with E-state index in [-0.39, 0.29) is 5.54 Å². The van der Waals surface area contributed by atoms with Gasteiger partial charge in [0, 0.05) is 24.3 Å². The summed E-state index contributed by atoms with van der Waals surface area (Å²) in [5, 5.41) is 4.40. The second-order valence-corrected chi connectivity index (χ2v) is 6.63. The van der Waals surface area contributed by atoms with Crippen LogP contribution in [0.5, 0.6) is 0 Å². The minimum atomic E-state index is 0.263. The molecule has 0 spiro atoms. The van der Waals surface area contributed by atoms with Gasteiger partial charge in [-0.15, -0.1) is 0 Å². The van der Waals surface area contributed by atoms with Crippen LogP contribution in [0.4, 0.5) is 0 Å². The maximum atomic E-state index is 5.99. The standard InChI is InChI=1S/C16H29N5/c1-2-21-13-14(12-18-21)11-15(19-17)16(7-3-4-8-16)20-9-5-6-10-20/h12-13,15,19H,2-11,17H2,1H3. The van der Waals surface area contributed by atoms with Gasteiger partial charge in [-0.3, -0.25) is 20.9 Å². The number of aryl methyl sites for hydroxylation is 1. The van der Waals surface area contributed by atoms with Crippen LogP contribution in [0.25, 0.3) is 0 Å². The van der Waals surface area contributed by atoms with Crippen LogP contribution in [-0.4, -0.2) is 39.4 Å². The quantitative estimate of drug-likeness (QED) is 0.618. The van der Waals surface area contributed by atoms with Crippen LogP contribution in [-0.2, 0) is 13.0 Å². The van der Waals surface area contributed by atoms with Crippen molar-refractivity contribution in [2.24, 2.45) is 5.84 Å². The number of hydrazine groups is 1. The van der Waals surface area contributed by atoms with Crippen LogP contribution < -0.4 is 11.3 Å². The number of aromatic nitrogens is 2. The van der Waals surface area contributed by atoms with Gasteiger partial charge >= 0.3 is 0 Å². The number of nitrogens with zero attached hydrogens (tertiary/aromatic N) is 3. The van der Waals surface area contributed by atoms with E-state index in [1.165, 1.54) is 57.2 Å². The lowest BCUT2D eigenvalue weighted by molar-refractivity contribution is 0.0766. The Hall–Kier alpha value is -0.910. The van der Waals surface area contributed by atoms with Crippen LogP contribution in [0.3, 0.4) is 0 Å². The van der Waals surface area contributed by atoms with Crippen molar-refractivity contribution >= 4 is 0 Å². The highest BCUT2D eigenvalue weighted by molar-refractivity contribution is 5.13. The smallest absolute Gasteiger partial charge is 0.0522 e. The summed E-state index contributed by atoms with van der Waals surface area (Å²) in [6.07, 6.45) is 13.1. The molecule has 0 bridgehead atoms. The second kappa shape index (κ2) is 6.46. The lowest BCUT2D eigenvalue weighted by Crippen LogP contribution is -2.61. The van der Waals surface area contributed by atoms with Crippen LogP contribution in [0.2, 0.25) is 0 Å². The SMILES string of the molecule is CCn1cc(CC(NN)C2(N3CCCC3)CCCC2)cn1. The van der Waals surface area contributed by atoms with E-state index in [4.69, 9.17) is 5.84 Å². The zero-order chi connectivity index (χ0) is 14.7. The minimum absolute atomic E-state index is 0.263. The Morgan fingerprint density at radius 1 is 1.29 bits per heavy atom. The summed E-state index contributed by atoms with van der Waals surface area (Å²) in [4.78, 5) is 2.72. The van der Waals surface area contributed by atoms with E-state index in [1.807, 2.05) is 10.9 Å². The average Bonchev–Trinajstić information content (AvgIpc) is 3.24. The van der Waals surface area contributed by atoms with E-state index in [2.05, 4.69) is 28.5 Å². The van der Waals surface area contributed by atoms with Gasteiger partial charge in [-0.2, -0.15) is 5.10 Å². The summed E-state index contributed by atoms with van der Waals surface area (Å²) in [7, 11) is 0. The Labute approximate surface area is 127 Å². The fourth-order valence-electron chi connectivity index (χ4n) is 4.36. The second-order valence-electron chi connectivity index (χ2n) is 6.63. The third-order valence-corrected chi connectivity index (χ3v) is 5.51. The van der Waals surface area contributed by atoms with Gasteiger partial charge in [0.05, 0.1) is 6.20 Å². The maximum Gasteiger partial charge on any atom is 0.0522 e. The lowest BCUT2D eigenvalue weighted by atomic mass is 9.83. The number of nitrogens with one attached hydrogen (secondary N) is 1. The summed E-state index contributed by atoms with van der Waals surface area (Å²) >= 11 is 0. The molecule has 1 aromatic rings. The van der Waals surface area contributed by atoms with Gasteiger partial charge in [-0.1, -0.05) is 12.8 Å². The van der Waals surface area contributed by atoms with Gasteiger partial charge in [0.2, 0.25) is 0 Å². The maximum absolute atomic E-state index is 5.99. The Bertz CT molecular complexity index is 443. The Morgan fingerprint density at radius 2 is 2.00 bits per heavy atom. The van der Waals surface area contributed by atoms with Crippen LogP contribution in [0, 0.1) is 0 Å². The van der Waals surface area contributed by atoms with Gasteiger partial charge in [0.15, 0.2) is 0 Å². The molecule has 3 rings (SSSR count). The molecule has 118 valence electrons. The zero-order valence-electron chi connectivity index (χ0n) is 13.2. The van der Waals surface area contributed by atoms with Crippen LogP contribution >= 0.6 is 0 Å². The first-order valence-electron chi connectivity index (χ1n) is 8.51. The molecule has 3 N–H and O–H groups in total. The summed E-state index contributed by atoms with van der Waals surface area (Å²) in [5.41, 5.74) is 4.72. The molecule has 1 saturated carbocycles. The fraction of sp³-hybridized carbons (Fsp3) is 0.812. The minimum Gasteiger partial charge on any atom is -0.296 e. The lowest BCUT2D eigenvalue weighted by Gasteiger charge is -2.45. The average molecular weight is 291 g/mol. The van der Waals surface area contributed by atoms with E-state index in [9.17, 15) is 0 Å². The monoisotopic (exact) mass is 291 g/mol. The highest BCUT2D eigenvalue weighted by Crippen LogP contribution is 2.40. The molecule has 0 radical (unpaired) electrons. The molecule has 2 heterocycles. The van der Waals surface area contributed by atoms with Crippen molar-refractivity contribution in [2.75, 3.05) is 13.1 Å². The zero-order valence-corrected chi connectivity index (χ0v) is 13.2. The molecule has 1 saturated heterocycles. The van der Waals surface area contributed by atoms with Crippen molar-refractivity contribution < 1.29 is 0 Å². The number of nitrogens with two attached hydrogens (primary N) is 1. The topological polar surface area (TPSA) is 59.1 Å². The molecule has 0 aromatic carbocycles. The molecule has 1 unspecified atom stereocenters. The normalized spacial score (nSPS) is 23.7. The van der Waals surface area contributed by atoms with Gasteiger partial charge in [-0.25, -0.2) is 0 Å². The van der Waals surface area contributed by atoms with Gasteiger partial charge in [0.25, 0.3) is 0 Å². The predicted octanol–water partition coefficient (Wildman–Crippen LogP) is 1.69.